The van der Waals surface area contributed by atoms with Crippen LogP contribution in [-0.2, 0) is 9.59 Å². The second-order valence-corrected chi connectivity index (χ2v) is 7.35. The summed E-state index contributed by atoms with van der Waals surface area (Å²) in [6.45, 7) is 4.12. The number of anilines is 1. The van der Waals surface area contributed by atoms with Crippen LogP contribution >= 0.6 is 27.3 Å². The first kappa shape index (κ1) is 18.4. The van der Waals surface area contributed by atoms with Gasteiger partial charge in [-0.25, -0.2) is 4.98 Å². The molecule has 0 unspecified atom stereocenters. The van der Waals surface area contributed by atoms with Crippen molar-refractivity contribution in [1.29, 1.82) is 0 Å². The number of halogens is 1. The summed E-state index contributed by atoms with van der Waals surface area (Å²) in [4.78, 5) is 28.7. The van der Waals surface area contributed by atoms with Crippen molar-refractivity contribution < 1.29 is 9.59 Å². The van der Waals surface area contributed by atoms with Crippen LogP contribution in [0.15, 0.2) is 34.9 Å². The molecule has 0 aliphatic rings. The van der Waals surface area contributed by atoms with E-state index in [1.165, 1.54) is 17.4 Å². The quantitative estimate of drug-likeness (QED) is 0.717. The minimum atomic E-state index is -0.228. The number of hydrogen-bond acceptors (Lipinski definition) is 4. The van der Waals surface area contributed by atoms with Crippen LogP contribution < -0.4 is 10.6 Å². The van der Waals surface area contributed by atoms with Crippen molar-refractivity contribution in [1.82, 2.24) is 10.3 Å². The van der Waals surface area contributed by atoms with E-state index in [-0.39, 0.29) is 24.8 Å². The van der Waals surface area contributed by atoms with Crippen molar-refractivity contribution in [3.8, 4) is 0 Å². The second kappa shape index (κ2) is 8.75. The van der Waals surface area contributed by atoms with Crippen molar-refractivity contribution in [3.63, 3.8) is 0 Å². The molecule has 0 spiro atoms. The summed E-state index contributed by atoms with van der Waals surface area (Å²) in [6, 6.07) is 5.65. The van der Waals surface area contributed by atoms with Gasteiger partial charge in [0.05, 0.1) is 5.01 Å². The lowest BCUT2D eigenvalue weighted by Gasteiger charge is -2.09. The summed E-state index contributed by atoms with van der Waals surface area (Å²) in [5.74, 6) is -0.364. The zero-order chi connectivity index (χ0) is 17.5. The highest BCUT2D eigenvalue weighted by Gasteiger charge is 2.06. The Kier molecular flexibility index (Phi) is 6.69. The van der Waals surface area contributed by atoms with Gasteiger partial charge in [-0.05, 0) is 43.7 Å². The monoisotopic (exact) mass is 407 g/mol. The average molecular weight is 408 g/mol. The molecule has 2 rings (SSSR count). The number of carbonyl (C=O) groups excluding carboxylic acids is 2. The van der Waals surface area contributed by atoms with Gasteiger partial charge in [-0.1, -0.05) is 15.9 Å². The molecule has 2 N–H and O–H groups in total. The fourth-order valence-corrected chi connectivity index (χ4v) is 3.11. The number of rotatable bonds is 6. The maximum atomic E-state index is 11.9. The van der Waals surface area contributed by atoms with Crippen LogP contribution in [0, 0.1) is 13.8 Å². The van der Waals surface area contributed by atoms with Gasteiger partial charge in [0, 0.05) is 40.3 Å². The SMILES string of the molecule is Cc1ncc(C=CC(=O)NCCC(=O)Nc2ccc(Br)cc2C)s1. The van der Waals surface area contributed by atoms with Gasteiger partial charge in [-0.15, -0.1) is 11.3 Å². The number of nitrogens with one attached hydrogen (secondary N) is 2. The van der Waals surface area contributed by atoms with E-state index in [9.17, 15) is 9.59 Å². The summed E-state index contributed by atoms with van der Waals surface area (Å²) >= 11 is 4.90. The third kappa shape index (κ3) is 5.90. The van der Waals surface area contributed by atoms with Crippen molar-refractivity contribution in [2.24, 2.45) is 0 Å². The molecule has 0 saturated heterocycles. The molecule has 1 heterocycles. The number of benzene rings is 1. The topological polar surface area (TPSA) is 71.1 Å². The number of hydrogen-bond donors (Lipinski definition) is 2. The largest absolute Gasteiger partial charge is 0.352 e. The van der Waals surface area contributed by atoms with Crippen LogP contribution in [0.1, 0.15) is 21.9 Å². The van der Waals surface area contributed by atoms with Gasteiger partial charge in [0.25, 0.3) is 0 Å². The van der Waals surface area contributed by atoms with Gasteiger partial charge in [0.1, 0.15) is 0 Å². The number of aryl methyl sites for hydroxylation is 2. The van der Waals surface area contributed by atoms with E-state index in [4.69, 9.17) is 0 Å². The zero-order valence-corrected chi connectivity index (χ0v) is 15.8. The Labute approximate surface area is 153 Å². The third-order valence-corrected chi connectivity index (χ3v) is 4.52. The summed E-state index contributed by atoms with van der Waals surface area (Å²) in [6.07, 6.45) is 5.10. The van der Waals surface area contributed by atoms with E-state index in [0.29, 0.717) is 0 Å². The van der Waals surface area contributed by atoms with E-state index < -0.39 is 0 Å². The lowest BCUT2D eigenvalue weighted by atomic mass is 10.2. The number of amides is 2. The molecule has 0 bridgehead atoms. The van der Waals surface area contributed by atoms with Crippen LogP contribution in [0.25, 0.3) is 6.08 Å². The lowest BCUT2D eigenvalue weighted by Crippen LogP contribution is -2.26. The molecule has 126 valence electrons. The van der Waals surface area contributed by atoms with Gasteiger partial charge in [0.2, 0.25) is 11.8 Å². The molecule has 0 saturated carbocycles. The van der Waals surface area contributed by atoms with Crippen molar-refractivity contribution >= 4 is 50.8 Å². The van der Waals surface area contributed by atoms with Crippen LogP contribution in [0.5, 0.6) is 0 Å². The zero-order valence-electron chi connectivity index (χ0n) is 13.4. The van der Waals surface area contributed by atoms with Gasteiger partial charge in [0.15, 0.2) is 0 Å². The van der Waals surface area contributed by atoms with Crippen LogP contribution in [0.2, 0.25) is 0 Å². The Balaban J connectivity index is 1.74. The Morgan fingerprint density at radius 2 is 2.12 bits per heavy atom. The average Bonchev–Trinajstić information content (AvgIpc) is 2.94. The fourth-order valence-electron chi connectivity index (χ4n) is 1.95. The Bertz CT molecular complexity index is 771. The summed E-state index contributed by atoms with van der Waals surface area (Å²) in [7, 11) is 0. The first-order chi connectivity index (χ1) is 11.4. The Morgan fingerprint density at radius 3 is 2.79 bits per heavy atom. The lowest BCUT2D eigenvalue weighted by molar-refractivity contribution is -0.117. The van der Waals surface area contributed by atoms with Gasteiger partial charge in [-0.3, -0.25) is 9.59 Å². The molecule has 24 heavy (non-hydrogen) atoms. The van der Waals surface area contributed by atoms with Crippen LogP contribution in [0.4, 0.5) is 5.69 Å². The van der Waals surface area contributed by atoms with E-state index in [2.05, 4.69) is 31.5 Å². The molecule has 5 nitrogen and oxygen atoms in total. The van der Waals surface area contributed by atoms with Crippen molar-refractivity contribution in [2.75, 3.05) is 11.9 Å². The van der Waals surface area contributed by atoms with Crippen molar-refractivity contribution in [3.05, 3.63) is 50.4 Å². The first-order valence-electron chi connectivity index (χ1n) is 7.38. The van der Waals surface area contributed by atoms with Gasteiger partial charge >= 0.3 is 0 Å². The summed E-state index contributed by atoms with van der Waals surface area (Å²) in [5.41, 5.74) is 1.75. The summed E-state index contributed by atoms with van der Waals surface area (Å²) < 4.78 is 0.966. The molecule has 0 radical (unpaired) electrons. The standard InChI is InChI=1S/C17H18BrN3O2S/c1-11-9-13(18)3-5-15(11)21-17(23)7-8-19-16(22)6-4-14-10-20-12(2)24-14/h3-6,9-10H,7-8H2,1-2H3,(H,19,22)(H,21,23). The highest BCUT2D eigenvalue weighted by Crippen LogP contribution is 2.20. The molecular formula is C17H18BrN3O2S. The van der Waals surface area contributed by atoms with Crippen molar-refractivity contribution in [2.45, 2.75) is 20.3 Å². The summed E-state index contributed by atoms with van der Waals surface area (Å²) in [5, 5.41) is 6.48. The normalized spacial score (nSPS) is 10.8. The predicted octanol–water partition coefficient (Wildman–Crippen LogP) is 3.68. The molecular weight excluding hydrogens is 390 g/mol. The molecule has 1 aromatic heterocycles. The van der Waals surface area contributed by atoms with E-state index >= 15 is 0 Å². The van der Waals surface area contributed by atoms with E-state index in [1.807, 2.05) is 32.0 Å². The Hall–Kier alpha value is -1.99. The smallest absolute Gasteiger partial charge is 0.244 e. The predicted molar refractivity (Wildman–Crippen MR) is 101 cm³/mol. The van der Waals surface area contributed by atoms with Gasteiger partial charge in [-0.2, -0.15) is 0 Å². The molecule has 0 aliphatic heterocycles. The van der Waals surface area contributed by atoms with E-state index in [0.717, 1.165) is 25.6 Å². The van der Waals surface area contributed by atoms with E-state index in [1.54, 1.807) is 12.3 Å². The highest BCUT2D eigenvalue weighted by molar-refractivity contribution is 9.10. The maximum absolute atomic E-state index is 11.9. The molecule has 0 atom stereocenters. The minimum Gasteiger partial charge on any atom is -0.352 e. The van der Waals surface area contributed by atoms with Crippen LogP contribution in [0.3, 0.4) is 0 Å². The number of carbonyl (C=O) groups is 2. The molecule has 1 aromatic carbocycles. The minimum absolute atomic E-state index is 0.136. The van der Waals surface area contributed by atoms with Crippen LogP contribution in [-0.4, -0.2) is 23.3 Å². The molecule has 0 aliphatic carbocycles. The number of nitrogens with zero attached hydrogens (tertiary/aromatic N) is 1. The highest BCUT2D eigenvalue weighted by atomic mass is 79.9. The Morgan fingerprint density at radius 1 is 1.33 bits per heavy atom. The molecule has 2 aromatic rings. The molecule has 2 amide bonds. The number of thiazole rings is 1. The third-order valence-electron chi connectivity index (χ3n) is 3.15. The fraction of sp³-hybridized carbons (Fsp3) is 0.235. The molecule has 7 heteroatoms. The second-order valence-electron chi connectivity index (χ2n) is 5.16. The van der Waals surface area contributed by atoms with Gasteiger partial charge < -0.3 is 10.6 Å². The number of aromatic nitrogens is 1. The maximum Gasteiger partial charge on any atom is 0.244 e. The molecule has 0 fully saturated rings. The first-order valence-corrected chi connectivity index (χ1v) is 8.99.